The molecule has 2 fully saturated rings. The van der Waals surface area contributed by atoms with Crippen LogP contribution in [0.25, 0.3) is 27.4 Å². The smallest absolute Gasteiger partial charge is 0.0998 e. The molecule has 1 aliphatic carbocycles. The maximum Gasteiger partial charge on any atom is 0.0998 e. The lowest BCUT2D eigenvalue weighted by Gasteiger charge is -2.58. The number of nitrogens with zero attached hydrogens (tertiary/aromatic N) is 4. The Bertz CT molecular complexity index is 1630. The molecule has 1 aromatic carbocycles. The number of para-hydroxylation sites is 1. The number of fused-ring (bicyclic) bond motifs is 5. The van der Waals surface area contributed by atoms with E-state index in [9.17, 15) is 5.11 Å². The highest BCUT2D eigenvalue weighted by Crippen LogP contribution is 2.62. The minimum atomic E-state index is -0.904. The van der Waals surface area contributed by atoms with Crippen molar-refractivity contribution in [2.45, 2.75) is 108 Å². The van der Waals surface area contributed by atoms with Crippen LogP contribution in [0.15, 0.2) is 66.9 Å². The van der Waals surface area contributed by atoms with Crippen LogP contribution >= 0.6 is 0 Å². The van der Waals surface area contributed by atoms with E-state index in [0.717, 1.165) is 76.8 Å². The Balaban J connectivity index is 1.36. The Hall–Kier alpha value is -2.73. The molecular weight excluding hydrogens is 552 g/mol. The summed E-state index contributed by atoms with van der Waals surface area (Å²) in [5, 5.41) is 15.9. The number of hydrogen-bond donors (Lipinski definition) is 1. The van der Waals surface area contributed by atoms with Gasteiger partial charge in [-0.1, -0.05) is 55.8 Å². The molecule has 0 amide bonds. The van der Waals surface area contributed by atoms with Gasteiger partial charge in [0, 0.05) is 47.0 Å². The summed E-state index contributed by atoms with van der Waals surface area (Å²) in [6.45, 7) is 7.77. The summed E-state index contributed by atoms with van der Waals surface area (Å²) in [6.07, 6.45) is 27.7. The Labute approximate surface area is 269 Å². The Morgan fingerprint density at radius 2 is 1.78 bits per heavy atom. The molecule has 45 heavy (non-hydrogen) atoms. The molecule has 5 heteroatoms. The molecule has 2 saturated heterocycles. The molecule has 1 spiro atoms. The lowest BCUT2D eigenvalue weighted by Crippen LogP contribution is -2.65. The van der Waals surface area contributed by atoms with Crippen LogP contribution in [0.3, 0.4) is 0 Å². The van der Waals surface area contributed by atoms with Crippen molar-refractivity contribution in [2.24, 2.45) is 11.3 Å². The zero-order chi connectivity index (χ0) is 30.4. The fourth-order valence-corrected chi connectivity index (χ4v) is 10.4. The van der Waals surface area contributed by atoms with Gasteiger partial charge in [0.1, 0.15) is 0 Å². The SMILES string of the molecule is CCCCn1c2ccccc2c2ccnc(C3=C[C@@]4(O)CC/C=C\CCCCN5CC[C@@H]3[C@]3(C[C@@H]6/C=C\CCCCN6[C@H]34)C5)c21. The molecule has 3 aromatic rings. The van der Waals surface area contributed by atoms with E-state index in [1.165, 1.54) is 66.0 Å². The molecule has 1 N–H and O–H groups in total. The molecule has 1 unspecified atom stereocenters. The predicted molar refractivity (Wildman–Crippen MR) is 186 cm³/mol. The number of rotatable bonds is 4. The van der Waals surface area contributed by atoms with Crippen molar-refractivity contribution in [1.29, 1.82) is 0 Å². The van der Waals surface area contributed by atoms with Crippen molar-refractivity contribution in [1.82, 2.24) is 19.4 Å². The van der Waals surface area contributed by atoms with E-state index in [-0.39, 0.29) is 11.5 Å². The second-order valence-corrected chi connectivity index (χ2v) is 14.9. The molecule has 5 nitrogen and oxygen atoms in total. The fourth-order valence-electron chi connectivity index (χ4n) is 10.4. The van der Waals surface area contributed by atoms with Crippen LogP contribution < -0.4 is 0 Å². The topological polar surface area (TPSA) is 44.5 Å². The molecule has 6 atom stereocenters. The Morgan fingerprint density at radius 3 is 2.69 bits per heavy atom. The second kappa shape index (κ2) is 12.1. The minimum Gasteiger partial charge on any atom is -0.384 e. The molecule has 0 radical (unpaired) electrons. The number of aromatic nitrogens is 2. The zero-order valence-corrected chi connectivity index (χ0v) is 27.3. The average molecular weight is 605 g/mol. The lowest BCUT2D eigenvalue weighted by atomic mass is 9.54. The van der Waals surface area contributed by atoms with Gasteiger partial charge in [0.2, 0.25) is 0 Å². The van der Waals surface area contributed by atoms with Crippen LogP contribution in [-0.4, -0.2) is 68.3 Å². The molecule has 0 saturated carbocycles. The predicted octanol–water partition coefficient (Wildman–Crippen LogP) is 8.13. The summed E-state index contributed by atoms with van der Waals surface area (Å²) in [5.41, 5.74) is 4.14. The molecule has 4 aliphatic heterocycles. The van der Waals surface area contributed by atoms with Crippen molar-refractivity contribution < 1.29 is 5.11 Å². The number of aliphatic hydroxyl groups is 1. The summed E-state index contributed by atoms with van der Waals surface area (Å²) >= 11 is 0. The second-order valence-electron chi connectivity index (χ2n) is 14.9. The van der Waals surface area contributed by atoms with Gasteiger partial charge in [0.25, 0.3) is 0 Å². The van der Waals surface area contributed by atoms with Gasteiger partial charge in [-0.05, 0) is 120 Å². The Morgan fingerprint density at radius 1 is 0.933 bits per heavy atom. The monoisotopic (exact) mass is 604 g/mol. The van der Waals surface area contributed by atoms with E-state index in [2.05, 4.69) is 82.0 Å². The van der Waals surface area contributed by atoms with E-state index in [1.54, 1.807) is 0 Å². The first-order valence-electron chi connectivity index (χ1n) is 18.2. The van der Waals surface area contributed by atoms with Crippen molar-refractivity contribution in [3.63, 3.8) is 0 Å². The van der Waals surface area contributed by atoms with E-state index in [1.807, 2.05) is 6.20 Å². The van der Waals surface area contributed by atoms with Crippen LogP contribution in [0.1, 0.15) is 89.7 Å². The van der Waals surface area contributed by atoms with Gasteiger partial charge in [0.15, 0.2) is 0 Å². The molecule has 8 rings (SSSR count). The molecule has 2 aromatic heterocycles. The third kappa shape index (κ3) is 4.96. The number of hydrogen-bond acceptors (Lipinski definition) is 4. The van der Waals surface area contributed by atoms with Crippen molar-refractivity contribution in [2.75, 3.05) is 26.2 Å². The van der Waals surface area contributed by atoms with Gasteiger partial charge in [0.05, 0.1) is 22.9 Å². The number of allylic oxidation sites excluding steroid dienone is 4. The van der Waals surface area contributed by atoms with Gasteiger partial charge < -0.3 is 14.6 Å². The molecule has 6 heterocycles. The normalized spacial score (nSPS) is 35.4. The number of aryl methyl sites for hydroxylation is 1. The summed E-state index contributed by atoms with van der Waals surface area (Å²) in [7, 11) is 0. The quantitative estimate of drug-likeness (QED) is 0.306. The van der Waals surface area contributed by atoms with E-state index in [4.69, 9.17) is 4.98 Å². The van der Waals surface area contributed by atoms with Gasteiger partial charge in [-0.2, -0.15) is 0 Å². The minimum absolute atomic E-state index is 0.00168. The number of unbranched alkanes of at least 4 members (excludes halogenated alkanes) is 1. The first kappa shape index (κ1) is 29.7. The highest BCUT2D eigenvalue weighted by Gasteiger charge is 2.65. The van der Waals surface area contributed by atoms with Gasteiger partial charge in [-0.3, -0.25) is 9.88 Å². The van der Waals surface area contributed by atoms with Gasteiger partial charge in [-0.25, -0.2) is 0 Å². The van der Waals surface area contributed by atoms with Crippen LogP contribution in [0.5, 0.6) is 0 Å². The van der Waals surface area contributed by atoms with E-state index in [0.29, 0.717) is 12.0 Å². The van der Waals surface area contributed by atoms with E-state index >= 15 is 0 Å². The zero-order valence-electron chi connectivity index (χ0n) is 27.3. The summed E-state index contributed by atoms with van der Waals surface area (Å²) in [5.74, 6) is 0.386. The third-order valence-corrected chi connectivity index (χ3v) is 12.1. The molecular formula is C40H52N4O. The molecule has 3 bridgehead atoms. The summed E-state index contributed by atoms with van der Waals surface area (Å²) in [4.78, 5) is 10.8. The molecule has 5 aliphatic rings. The summed E-state index contributed by atoms with van der Waals surface area (Å²) < 4.78 is 2.56. The largest absolute Gasteiger partial charge is 0.384 e. The van der Waals surface area contributed by atoms with Gasteiger partial charge >= 0.3 is 0 Å². The maximum absolute atomic E-state index is 13.3. The highest BCUT2D eigenvalue weighted by molar-refractivity contribution is 6.10. The van der Waals surface area contributed by atoms with Crippen LogP contribution in [0.4, 0.5) is 0 Å². The third-order valence-electron chi connectivity index (χ3n) is 12.1. The van der Waals surface area contributed by atoms with Crippen molar-refractivity contribution >= 4 is 27.4 Å². The standard InChI is InChI=1S/C40H52N4O/c1-2-3-24-44-35-18-12-11-17-31(35)32-19-22-41-36(37(32)44)33-28-40(45)21-13-7-4-5-8-14-23-42-26-20-34(33)39(29-42)27-30-16-10-6-9-15-25-43(30)38(39)40/h4,7,10-12,16-19,22,28,30,34,38,45H,2-3,5-6,8-9,13-15,20-21,23-27,29H2,1H3/b7-4-,16-10-/t30-,34-,38+,39-,40-/m0/s1. The summed E-state index contributed by atoms with van der Waals surface area (Å²) in [6, 6.07) is 11.7. The number of benzene rings is 1. The Kier molecular flexibility index (Phi) is 8.00. The number of piperidine rings is 1. The van der Waals surface area contributed by atoms with E-state index < -0.39 is 5.60 Å². The maximum atomic E-state index is 13.3. The van der Waals surface area contributed by atoms with Crippen molar-refractivity contribution in [3.8, 4) is 0 Å². The molecule has 238 valence electrons. The van der Waals surface area contributed by atoms with Crippen LogP contribution in [0, 0.1) is 11.3 Å². The fraction of sp³-hybridized carbons (Fsp3) is 0.575. The van der Waals surface area contributed by atoms with Crippen LogP contribution in [0.2, 0.25) is 0 Å². The highest BCUT2D eigenvalue weighted by atomic mass is 16.3. The van der Waals surface area contributed by atoms with Crippen LogP contribution in [-0.2, 0) is 6.54 Å². The average Bonchev–Trinajstić information content (AvgIpc) is 3.52. The lowest BCUT2D eigenvalue weighted by molar-refractivity contribution is -0.0894. The van der Waals surface area contributed by atoms with Gasteiger partial charge in [-0.15, -0.1) is 0 Å². The first-order valence-corrected chi connectivity index (χ1v) is 18.2. The first-order chi connectivity index (χ1) is 22.1. The van der Waals surface area contributed by atoms with Crippen molar-refractivity contribution in [3.05, 3.63) is 72.6 Å². The number of pyridine rings is 1.